The van der Waals surface area contributed by atoms with E-state index < -0.39 is 0 Å². The van der Waals surface area contributed by atoms with Crippen molar-refractivity contribution >= 4 is 11.8 Å². The van der Waals surface area contributed by atoms with Crippen LogP contribution in [-0.4, -0.2) is 47.6 Å². The lowest BCUT2D eigenvalue weighted by Crippen LogP contribution is -2.39. The van der Waals surface area contributed by atoms with E-state index in [2.05, 4.69) is 33.7 Å². The summed E-state index contributed by atoms with van der Waals surface area (Å²) in [4.78, 5) is 13.2. The van der Waals surface area contributed by atoms with Gasteiger partial charge < -0.3 is 15.5 Å². The zero-order chi connectivity index (χ0) is 11.5. The van der Waals surface area contributed by atoms with Crippen LogP contribution in [0.3, 0.4) is 0 Å². The summed E-state index contributed by atoms with van der Waals surface area (Å²) >= 11 is 0. The van der Waals surface area contributed by atoms with Crippen LogP contribution in [0.4, 0.5) is 11.8 Å². The number of anilines is 2. The molecule has 0 aromatic carbocycles. The van der Waals surface area contributed by atoms with E-state index in [1.54, 1.807) is 12.3 Å². The van der Waals surface area contributed by atoms with Crippen molar-refractivity contribution in [3.8, 4) is 0 Å². The molecule has 5 nitrogen and oxygen atoms in total. The highest BCUT2D eigenvalue weighted by molar-refractivity contribution is 5.38. The zero-order valence-corrected chi connectivity index (χ0v) is 9.93. The number of likely N-dealkylation sites (N-methyl/N-ethyl adjacent to an activating group) is 1. The fourth-order valence-corrected chi connectivity index (χ4v) is 2.17. The average molecular weight is 221 g/mol. The van der Waals surface area contributed by atoms with Crippen molar-refractivity contribution in [1.82, 2.24) is 14.9 Å². The highest BCUT2D eigenvalue weighted by Gasteiger charge is 2.21. The molecule has 0 bridgehead atoms. The number of hydrogen-bond donors (Lipinski definition) is 1. The zero-order valence-electron chi connectivity index (χ0n) is 9.93. The molecule has 1 aliphatic heterocycles. The lowest BCUT2D eigenvalue weighted by atomic mass is 10.3. The van der Waals surface area contributed by atoms with E-state index in [0.29, 0.717) is 11.9 Å². The smallest absolute Gasteiger partial charge is 0.227 e. The largest absolute Gasteiger partial charge is 0.384 e. The molecule has 0 saturated carbocycles. The minimum atomic E-state index is 0.425. The van der Waals surface area contributed by atoms with Crippen molar-refractivity contribution in [2.45, 2.75) is 19.4 Å². The van der Waals surface area contributed by atoms with Crippen molar-refractivity contribution in [1.29, 1.82) is 0 Å². The maximum atomic E-state index is 5.69. The highest BCUT2D eigenvalue weighted by atomic mass is 15.3. The average Bonchev–Trinajstić information content (AvgIpc) is 2.39. The van der Waals surface area contributed by atoms with Crippen molar-refractivity contribution < 1.29 is 0 Å². The summed E-state index contributed by atoms with van der Waals surface area (Å²) in [5.41, 5.74) is 5.69. The molecule has 1 aliphatic rings. The fourth-order valence-electron chi connectivity index (χ4n) is 2.17. The summed E-state index contributed by atoms with van der Waals surface area (Å²) < 4.78 is 0. The van der Waals surface area contributed by atoms with E-state index in [1.165, 1.54) is 0 Å². The van der Waals surface area contributed by atoms with Crippen LogP contribution in [0.1, 0.15) is 13.3 Å². The van der Waals surface area contributed by atoms with Gasteiger partial charge in [-0.25, -0.2) is 4.98 Å². The molecule has 1 aromatic rings. The van der Waals surface area contributed by atoms with Gasteiger partial charge in [-0.15, -0.1) is 0 Å². The first-order valence-corrected chi connectivity index (χ1v) is 5.70. The minimum absolute atomic E-state index is 0.425. The number of nitrogens with zero attached hydrogens (tertiary/aromatic N) is 4. The van der Waals surface area contributed by atoms with Gasteiger partial charge in [0.1, 0.15) is 5.82 Å². The third-order valence-electron chi connectivity index (χ3n) is 2.97. The first kappa shape index (κ1) is 11.1. The molecule has 5 heteroatoms. The molecule has 0 amide bonds. The van der Waals surface area contributed by atoms with Crippen molar-refractivity contribution in [2.24, 2.45) is 0 Å². The lowest BCUT2D eigenvalue weighted by Gasteiger charge is -2.27. The van der Waals surface area contributed by atoms with Gasteiger partial charge in [-0.05, 0) is 33.0 Å². The summed E-state index contributed by atoms with van der Waals surface area (Å²) in [6, 6.07) is 2.15. The molecule has 2 rings (SSSR count). The van der Waals surface area contributed by atoms with Crippen LogP contribution in [0.25, 0.3) is 0 Å². The normalized spacial score (nSPS) is 23.1. The van der Waals surface area contributed by atoms with Gasteiger partial charge in [0.25, 0.3) is 0 Å². The molecule has 88 valence electrons. The molecular formula is C11H19N5. The number of nitrogen functional groups attached to an aromatic ring is 1. The predicted octanol–water partition coefficient (Wildman–Crippen LogP) is 0.589. The van der Waals surface area contributed by atoms with Crippen molar-refractivity contribution in [3.05, 3.63) is 12.3 Å². The number of hydrogen-bond acceptors (Lipinski definition) is 5. The van der Waals surface area contributed by atoms with Gasteiger partial charge in [-0.3, -0.25) is 0 Å². The van der Waals surface area contributed by atoms with Gasteiger partial charge in [-0.1, -0.05) is 0 Å². The summed E-state index contributed by atoms with van der Waals surface area (Å²) in [6.45, 7) is 5.37. The number of nitrogens with two attached hydrogens (primary N) is 1. The SMILES string of the molecule is CC1CN(C)CCCN1c1nccc(N)n1. The topological polar surface area (TPSA) is 58.3 Å². The maximum absolute atomic E-state index is 5.69. The van der Waals surface area contributed by atoms with Crippen LogP contribution in [0.2, 0.25) is 0 Å². The molecule has 1 saturated heterocycles. The number of rotatable bonds is 1. The Morgan fingerprint density at radius 2 is 2.25 bits per heavy atom. The maximum Gasteiger partial charge on any atom is 0.227 e. The van der Waals surface area contributed by atoms with Gasteiger partial charge in [0.2, 0.25) is 5.95 Å². The molecule has 0 aliphatic carbocycles. The van der Waals surface area contributed by atoms with Crippen molar-refractivity contribution in [3.63, 3.8) is 0 Å². The monoisotopic (exact) mass is 221 g/mol. The third-order valence-corrected chi connectivity index (χ3v) is 2.97. The van der Waals surface area contributed by atoms with Gasteiger partial charge >= 0.3 is 0 Å². The summed E-state index contributed by atoms with van der Waals surface area (Å²) in [6.07, 6.45) is 2.86. The molecule has 0 radical (unpaired) electrons. The first-order chi connectivity index (χ1) is 7.66. The molecular weight excluding hydrogens is 202 g/mol. The van der Waals surface area contributed by atoms with E-state index in [0.717, 1.165) is 32.0 Å². The molecule has 0 spiro atoms. The number of aromatic nitrogens is 2. The second-order valence-corrected chi connectivity index (χ2v) is 4.44. The van der Waals surface area contributed by atoms with Gasteiger partial charge in [-0.2, -0.15) is 4.98 Å². The van der Waals surface area contributed by atoms with Gasteiger partial charge in [0, 0.05) is 25.3 Å². The molecule has 1 fully saturated rings. The fraction of sp³-hybridized carbons (Fsp3) is 0.636. The van der Waals surface area contributed by atoms with E-state index in [1.807, 2.05) is 0 Å². The Bertz CT molecular complexity index is 354. The Morgan fingerprint density at radius 3 is 3.00 bits per heavy atom. The predicted molar refractivity (Wildman–Crippen MR) is 65.4 cm³/mol. The van der Waals surface area contributed by atoms with E-state index in [4.69, 9.17) is 5.73 Å². The molecule has 2 N–H and O–H groups in total. The van der Waals surface area contributed by atoms with Crippen LogP contribution in [0.5, 0.6) is 0 Å². The van der Waals surface area contributed by atoms with Crippen LogP contribution in [0.15, 0.2) is 12.3 Å². The molecule has 16 heavy (non-hydrogen) atoms. The molecule has 2 heterocycles. The van der Waals surface area contributed by atoms with Crippen LogP contribution in [0, 0.1) is 0 Å². The standard InChI is InChI=1S/C11H19N5/c1-9-8-15(2)6-3-7-16(9)11-13-5-4-10(12)14-11/h4-5,9H,3,6-8H2,1-2H3,(H2,12,13,14). The Morgan fingerprint density at radius 1 is 1.44 bits per heavy atom. The van der Waals surface area contributed by atoms with Crippen LogP contribution < -0.4 is 10.6 Å². The molecule has 1 atom stereocenters. The summed E-state index contributed by atoms with van der Waals surface area (Å²) in [7, 11) is 2.15. The van der Waals surface area contributed by atoms with Crippen LogP contribution in [-0.2, 0) is 0 Å². The van der Waals surface area contributed by atoms with Gasteiger partial charge in [0.15, 0.2) is 0 Å². The Balaban J connectivity index is 2.19. The minimum Gasteiger partial charge on any atom is -0.384 e. The van der Waals surface area contributed by atoms with E-state index in [-0.39, 0.29) is 0 Å². The third kappa shape index (κ3) is 2.41. The Kier molecular flexibility index (Phi) is 3.24. The van der Waals surface area contributed by atoms with E-state index in [9.17, 15) is 0 Å². The molecule has 1 unspecified atom stereocenters. The van der Waals surface area contributed by atoms with E-state index >= 15 is 0 Å². The van der Waals surface area contributed by atoms with Crippen molar-refractivity contribution in [2.75, 3.05) is 37.3 Å². The Hall–Kier alpha value is -1.36. The summed E-state index contributed by atoms with van der Waals surface area (Å²) in [5, 5.41) is 0. The Labute approximate surface area is 96.3 Å². The van der Waals surface area contributed by atoms with Crippen LogP contribution >= 0.6 is 0 Å². The molecule has 1 aromatic heterocycles. The summed E-state index contributed by atoms with van der Waals surface area (Å²) in [5.74, 6) is 1.29. The van der Waals surface area contributed by atoms with Gasteiger partial charge in [0.05, 0.1) is 0 Å². The lowest BCUT2D eigenvalue weighted by molar-refractivity contribution is 0.337. The second-order valence-electron chi connectivity index (χ2n) is 4.44. The second kappa shape index (κ2) is 4.65. The quantitative estimate of drug-likeness (QED) is 0.752. The highest BCUT2D eigenvalue weighted by Crippen LogP contribution is 2.16. The first-order valence-electron chi connectivity index (χ1n) is 5.70.